The lowest BCUT2D eigenvalue weighted by molar-refractivity contribution is -0.152. The number of aliphatic carboxylic acids is 2. The number of carbonyl (C=O) groups excluding carboxylic acids is 2. The molecular formula is C28H30N4O8. The molecule has 0 aliphatic heterocycles. The van der Waals surface area contributed by atoms with Crippen molar-refractivity contribution in [2.75, 3.05) is 21.3 Å². The summed E-state index contributed by atoms with van der Waals surface area (Å²) < 4.78 is 10.9. The highest BCUT2D eigenvalue weighted by Crippen LogP contribution is 2.23. The van der Waals surface area contributed by atoms with Crippen molar-refractivity contribution in [2.24, 2.45) is 0 Å². The van der Waals surface area contributed by atoms with Gasteiger partial charge in [-0.3, -0.25) is 0 Å². The van der Waals surface area contributed by atoms with Crippen molar-refractivity contribution in [1.29, 1.82) is 0 Å². The first-order chi connectivity index (χ1) is 18.7. The smallest absolute Gasteiger partial charge is 0.347 e. The third-order valence-corrected chi connectivity index (χ3v) is 5.40. The monoisotopic (exact) mass is 550 g/mol. The molecule has 0 unspecified atom stereocenters. The third-order valence-electron chi connectivity index (χ3n) is 5.40. The summed E-state index contributed by atoms with van der Waals surface area (Å²) in [5, 5.41) is 29.0. The number of rotatable bonds is 10. The molecule has 40 heavy (non-hydrogen) atoms. The molecule has 0 aromatic heterocycles. The zero-order valence-electron chi connectivity index (χ0n) is 22.3. The van der Waals surface area contributed by atoms with Gasteiger partial charge in [-0.2, -0.15) is 0 Å². The highest BCUT2D eigenvalue weighted by atomic mass is 16.5. The van der Waals surface area contributed by atoms with Crippen LogP contribution in [0.4, 0.5) is 32.3 Å². The van der Waals surface area contributed by atoms with Gasteiger partial charge in [0.05, 0.1) is 0 Å². The Hall–Kier alpha value is -5.26. The minimum Gasteiger partial charge on any atom is -0.478 e. The first kappa shape index (κ1) is 29.3. The Bertz CT molecular complexity index is 1260. The number of urea groups is 2. The van der Waals surface area contributed by atoms with Gasteiger partial charge in [0.15, 0.2) is 11.2 Å². The quantitative estimate of drug-likeness (QED) is 0.193. The van der Waals surface area contributed by atoms with Crippen LogP contribution in [-0.4, -0.2) is 45.4 Å². The van der Waals surface area contributed by atoms with Crippen LogP contribution in [0.1, 0.15) is 27.7 Å². The molecule has 12 heteroatoms. The number of anilines is 4. The summed E-state index contributed by atoms with van der Waals surface area (Å²) in [7, 11) is 0. The maximum atomic E-state index is 12.3. The summed E-state index contributed by atoms with van der Waals surface area (Å²) in [6.45, 7) is 5.74. The molecule has 0 atom stereocenters. The molecule has 0 spiro atoms. The Balaban J connectivity index is 1.47. The van der Waals surface area contributed by atoms with E-state index in [1.165, 1.54) is 27.7 Å². The SMILES string of the molecule is CC(C)(Oc1ccc(NC(=O)Nc2ccc(NC(=O)Nc3ccc(OC(C)(C)C(=O)O)cc3)cc2)cc1)C(=O)O. The van der Waals surface area contributed by atoms with E-state index in [0.717, 1.165) is 0 Å². The van der Waals surface area contributed by atoms with Gasteiger partial charge in [0, 0.05) is 22.7 Å². The number of nitrogens with one attached hydrogen (secondary N) is 4. The van der Waals surface area contributed by atoms with Crippen LogP contribution in [0.25, 0.3) is 0 Å². The fraction of sp³-hybridized carbons (Fsp3) is 0.214. The minimum atomic E-state index is -1.39. The molecule has 0 aliphatic carbocycles. The number of ether oxygens (including phenoxy) is 2. The lowest BCUT2D eigenvalue weighted by Gasteiger charge is -2.21. The molecule has 210 valence electrons. The van der Waals surface area contributed by atoms with E-state index >= 15 is 0 Å². The largest absolute Gasteiger partial charge is 0.478 e. The Kier molecular flexibility index (Phi) is 8.84. The number of carboxylic acids is 2. The average molecular weight is 551 g/mol. The molecule has 12 nitrogen and oxygen atoms in total. The second kappa shape index (κ2) is 12.1. The summed E-state index contributed by atoms with van der Waals surface area (Å²) in [4.78, 5) is 47.0. The third kappa shape index (κ3) is 8.38. The van der Waals surface area contributed by atoms with E-state index in [9.17, 15) is 19.2 Å². The van der Waals surface area contributed by atoms with Gasteiger partial charge in [0.25, 0.3) is 0 Å². The Labute approximate surface area is 230 Å². The number of carbonyl (C=O) groups is 4. The number of hydrogen-bond donors (Lipinski definition) is 6. The van der Waals surface area contributed by atoms with Gasteiger partial charge in [0.1, 0.15) is 11.5 Å². The zero-order chi connectivity index (χ0) is 29.5. The summed E-state index contributed by atoms with van der Waals surface area (Å²) in [6.07, 6.45) is 0. The van der Waals surface area contributed by atoms with Crippen molar-refractivity contribution in [1.82, 2.24) is 0 Å². The normalized spacial score (nSPS) is 11.1. The van der Waals surface area contributed by atoms with Crippen molar-refractivity contribution in [3.63, 3.8) is 0 Å². The van der Waals surface area contributed by atoms with E-state index in [0.29, 0.717) is 34.2 Å². The standard InChI is InChI=1S/C28H30N4O8/c1-27(2,23(33)34)39-21-13-9-19(10-14-21)31-25(37)29-17-5-7-18(8-6-17)30-26(38)32-20-11-15-22(16-12-20)40-28(3,4)24(35)36/h5-16H,1-4H3,(H,33,34)(H,35,36)(H2,29,31,37)(H2,30,32,38). The van der Waals surface area contributed by atoms with Crippen molar-refractivity contribution in [2.45, 2.75) is 38.9 Å². The van der Waals surface area contributed by atoms with Gasteiger partial charge in [0.2, 0.25) is 0 Å². The first-order valence-corrected chi connectivity index (χ1v) is 12.0. The first-order valence-electron chi connectivity index (χ1n) is 12.0. The molecule has 0 heterocycles. The van der Waals surface area contributed by atoms with Gasteiger partial charge in [-0.1, -0.05) is 0 Å². The van der Waals surface area contributed by atoms with Crippen molar-refractivity contribution in [3.8, 4) is 11.5 Å². The van der Waals surface area contributed by atoms with E-state index < -0.39 is 35.2 Å². The van der Waals surface area contributed by atoms with E-state index in [2.05, 4.69) is 21.3 Å². The molecule has 3 aromatic rings. The van der Waals surface area contributed by atoms with Crippen LogP contribution in [-0.2, 0) is 9.59 Å². The number of benzene rings is 3. The second-order valence-corrected chi connectivity index (χ2v) is 9.62. The van der Waals surface area contributed by atoms with Gasteiger partial charge in [-0.15, -0.1) is 0 Å². The van der Waals surface area contributed by atoms with E-state index in [1.807, 2.05) is 0 Å². The van der Waals surface area contributed by atoms with E-state index in [1.54, 1.807) is 72.8 Å². The Morgan fingerprint density at radius 3 is 0.950 bits per heavy atom. The van der Waals surface area contributed by atoms with Crippen LogP contribution in [0.15, 0.2) is 72.8 Å². The average Bonchev–Trinajstić information content (AvgIpc) is 2.87. The van der Waals surface area contributed by atoms with Gasteiger partial charge in [-0.25, -0.2) is 19.2 Å². The van der Waals surface area contributed by atoms with Crippen LogP contribution in [0.2, 0.25) is 0 Å². The molecule has 0 fully saturated rings. The van der Waals surface area contributed by atoms with Crippen LogP contribution >= 0.6 is 0 Å². The summed E-state index contributed by atoms with van der Waals surface area (Å²) >= 11 is 0. The number of hydrogen-bond acceptors (Lipinski definition) is 6. The molecule has 6 N–H and O–H groups in total. The van der Waals surface area contributed by atoms with Crippen molar-refractivity contribution < 1.29 is 38.9 Å². The molecule has 3 aromatic carbocycles. The highest BCUT2D eigenvalue weighted by molar-refractivity contribution is 6.01. The Morgan fingerprint density at radius 1 is 0.500 bits per heavy atom. The minimum absolute atomic E-state index is 0.344. The molecule has 0 aliphatic rings. The van der Waals surface area contributed by atoms with Crippen LogP contribution < -0.4 is 30.7 Å². The molecule has 0 bridgehead atoms. The zero-order valence-corrected chi connectivity index (χ0v) is 22.3. The lowest BCUT2D eigenvalue weighted by atomic mass is 10.1. The molecule has 0 saturated carbocycles. The van der Waals surface area contributed by atoms with Crippen molar-refractivity contribution >= 4 is 46.8 Å². The predicted octanol–water partition coefficient (Wildman–Crippen LogP) is 5.46. The van der Waals surface area contributed by atoms with Crippen LogP contribution in [0.5, 0.6) is 11.5 Å². The van der Waals surface area contributed by atoms with Gasteiger partial charge in [-0.05, 0) is 100 Å². The molecule has 0 radical (unpaired) electrons. The maximum absolute atomic E-state index is 12.3. The van der Waals surface area contributed by atoms with Crippen molar-refractivity contribution in [3.05, 3.63) is 72.8 Å². The van der Waals surface area contributed by atoms with Crippen LogP contribution in [0.3, 0.4) is 0 Å². The summed E-state index contributed by atoms with van der Waals surface area (Å²) in [6, 6.07) is 17.9. The van der Waals surface area contributed by atoms with E-state index in [-0.39, 0.29) is 0 Å². The van der Waals surface area contributed by atoms with Gasteiger partial charge >= 0.3 is 24.0 Å². The molecule has 4 amide bonds. The maximum Gasteiger partial charge on any atom is 0.347 e. The second-order valence-electron chi connectivity index (χ2n) is 9.62. The highest BCUT2D eigenvalue weighted by Gasteiger charge is 2.30. The van der Waals surface area contributed by atoms with E-state index in [4.69, 9.17) is 19.7 Å². The summed E-state index contributed by atoms with van der Waals surface area (Å²) in [5.74, 6) is -1.51. The Morgan fingerprint density at radius 2 is 0.725 bits per heavy atom. The molecule has 0 saturated heterocycles. The predicted molar refractivity (Wildman–Crippen MR) is 149 cm³/mol. The fourth-order valence-electron chi connectivity index (χ4n) is 3.11. The molecule has 3 rings (SSSR count). The number of carboxylic acid groups (broad SMARTS) is 2. The topological polar surface area (TPSA) is 175 Å². The fourth-order valence-corrected chi connectivity index (χ4v) is 3.11. The molecular weight excluding hydrogens is 520 g/mol. The van der Waals surface area contributed by atoms with Gasteiger partial charge < -0.3 is 41.0 Å². The number of amides is 4. The summed E-state index contributed by atoms with van der Waals surface area (Å²) in [5.41, 5.74) is -0.886. The van der Waals surface area contributed by atoms with Crippen LogP contribution in [0, 0.1) is 0 Å². The lowest BCUT2D eigenvalue weighted by Crippen LogP contribution is -2.37.